The highest BCUT2D eigenvalue weighted by Gasteiger charge is 2.18. The highest BCUT2D eigenvalue weighted by Crippen LogP contribution is 2.33. The van der Waals surface area contributed by atoms with Gasteiger partial charge in [-0.15, -0.1) is 0 Å². The van der Waals surface area contributed by atoms with Crippen molar-refractivity contribution >= 4 is 38.2 Å². The highest BCUT2D eigenvalue weighted by molar-refractivity contribution is 9.10. The van der Waals surface area contributed by atoms with Crippen molar-refractivity contribution in [3.8, 4) is 5.88 Å². The molecule has 0 saturated carbocycles. The molecule has 2 N–H and O–H groups in total. The van der Waals surface area contributed by atoms with E-state index in [1.54, 1.807) is 0 Å². The van der Waals surface area contributed by atoms with Crippen molar-refractivity contribution in [1.82, 2.24) is 9.88 Å². The van der Waals surface area contributed by atoms with Gasteiger partial charge in [0.1, 0.15) is 0 Å². The van der Waals surface area contributed by atoms with Gasteiger partial charge in [-0.3, -0.25) is 0 Å². The number of rotatable bonds is 5. The zero-order valence-corrected chi connectivity index (χ0v) is 17.9. The molecule has 0 radical (unpaired) electrons. The van der Waals surface area contributed by atoms with Gasteiger partial charge in [0, 0.05) is 22.0 Å². The summed E-state index contributed by atoms with van der Waals surface area (Å²) in [5.41, 5.74) is 5.32. The Morgan fingerprint density at radius 3 is 2.41 bits per heavy atom. The van der Waals surface area contributed by atoms with Crippen molar-refractivity contribution in [3.05, 3.63) is 94.0 Å². The van der Waals surface area contributed by atoms with Crippen molar-refractivity contribution in [1.29, 1.82) is 0 Å². The molecule has 0 fully saturated rings. The van der Waals surface area contributed by atoms with Crippen molar-refractivity contribution in [2.24, 2.45) is 4.99 Å². The number of aromatic nitrogens is 1. The number of aromatic hydroxyl groups is 1. The predicted molar refractivity (Wildman–Crippen MR) is 123 cm³/mol. The molecule has 29 heavy (non-hydrogen) atoms. The van der Waals surface area contributed by atoms with Crippen LogP contribution in [0, 0.1) is 0 Å². The zero-order valence-electron chi connectivity index (χ0n) is 16.4. The molecule has 4 nitrogen and oxygen atoms in total. The predicted octanol–water partition coefficient (Wildman–Crippen LogP) is 5.87. The third kappa shape index (κ3) is 4.26. The standard InChI is InChI=1S/C24H22BrN3O/c1-28(2)15-16-8-11-19(12-9-16)26-23(17-6-4-3-5-7-17)22-20-13-10-18(25)14-21(20)27-24(22)29/h3-14,27,29H,15H2,1-2H3. The summed E-state index contributed by atoms with van der Waals surface area (Å²) in [6.07, 6.45) is 0. The summed E-state index contributed by atoms with van der Waals surface area (Å²) in [7, 11) is 4.11. The number of nitrogens with zero attached hydrogens (tertiary/aromatic N) is 2. The molecule has 0 saturated heterocycles. The summed E-state index contributed by atoms with van der Waals surface area (Å²) in [6.45, 7) is 0.883. The maximum Gasteiger partial charge on any atom is 0.199 e. The largest absolute Gasteiger partial charge is 0.494 e. The fourth-order valence-corrected chi connectivity index (χ4v) is 3.79. The number of halogens is 1. The quantitative estimate of drug-likeness (QED) is 0.376. The monoisotopic (exact) mass is 447 g/mol. The Bertz CT molecular complexity index is 1160. The van der Waals surface area contributed by atoms with Gasteiger partial charge in [0.25, 0.3) is 0 Å². The number of aromatic amines is 1. The molecule has 3 aromatic carbocycles. The second-order valence-electron chi connectivity index (χ2n) is 7.27. The molecule has 0 aliphatic heterocycles. The highest BCUT2D eigenvalue weighted by atomic mass is 79.9. The van der Waals surface area contributed by atoms with Crippen molar-refractivity contribution in [2.75, 3.05) is 14.1 Å². The van der Waals surface area contributed by atoms with Crippen molar-refractivity contribution < 1.29 is 5.11 Å². The van der Waals surface area contributed by atoms with E-state index < -0.39 is 0 Å². The van der Waals surface area contributed by atoms with Crippen LogP contribution in [0.15, 0.2) is 82.3 Å². The molecule has 4 aromatic rings. The molecule has 5 heteroatoms. The summed E-state index contributed by atoms with van der Waals surface area (Å²) in [5, 5.41) is 11.6. The molecule has 1 heterocycles. The van der Waals surface area contributed by atoms with Gasteiger partial charge in [-0.05, 0) is 43.9 Å². The van der Waals surface area contributed by atoms with E-state index in [-0.39, 0.29) is 5.88 Å². The van der Waals surface area contributed by atoms with Gasteiger partial charge in [-0.25, -0.2) is 4.99 Å². The van der Waals surface area contributed by atoms with Gasteiger partial charge in [-0.2, -0.15) is 0 Å². The Hall–Kier alpha value is -2.89. The summed E-state index contributed by atoms with van der Waals surface area (Å²) in [6, 6.07) is 24.1. The normalized spacial score (nSPS) is 12.1. The second kappa shape index (κ2) is 8.23. The number of benzene rings is 3. The molecule has 0 spiro atoms. The molecule has 4 rings (SSSR count). The van der Waals surface area contributed by atoms with Crippen LogP contribution in [-0.4, -0.2) is 34.8 Å². The number of aliphatic imine (C=N–C) groups is 1. The van der Waals surface area contributed by atoms with Crippen LogP contribution in [-0.2, 0) is 6.54 Å². The van der Waals surface area contributed by atoms with E-state index in [4.69, 9.17) is 4.99 Å². The molecule has 0 bridgehead atoms. The number of hydrogen-bond donors (Lipinski definition) is 2. The lowest BCUT2D eigenvalue weighted by atomic mass is 10.0. The van der Waals surface area contributed by atoms with E-state index in [0.717, 1.165) is 38.9 Å². The average molecular weight is 448 g/mol. The van der Waals surface area contributed by atoms with Crippen LogP contribution in [0.5, 0.6) is 5.88 Å². The molecular weight excluding hydrogens is 426 g/mol. The van der Waals surface area contributed by atoms with Gasteiger partial charge < -0.3 is 15.0 Å². The van der Waals surface area contributed by atoms with Crippen LogP contribution in [0.3, 0.4) is 0 Å². The van der Waals surface area contributed by atoms with E-state index >= 15 is 0 Å². The number of H-pyrrole nitrogens is 1. The fourth-order valence-electron chi connectivity index (χ4n) is 3.43. The minimum Gasteiger partial charge on any atom is -0.494 e. The molecule has 146 valence electrons. The van der Waals surface area contributed by atoms with Crippen LogP contribution in [0.1, 0.15) is 16.7 Å². The molecule has 1 aromatic heterocycles. The smallest absolute Gasteiger partial charge is 0.199 e. The van der Waals surface area contributed by atoms with E-state index in [1.807, 2.05) is 60.7 Å². The summed E-state index contributed by atoms with van der Waals surface area (Å²) in [5.74, 6) is 0.116. The Balaban J connectivity index is 1.86. The minimum absolute atomic E-state index is 0.116. The molecule has 0 unspecified atom stereocenters. The van der Waals surface area contributed by atoms with Crippen LogP contribution in [0.2, 0.25) is 0 Å². The van der Waals surface area contributed by atoms with Crippen LogP contribution in [0.25, 0.3) is 10.9 Å². The number of nitrogens with one attached hydrogen (secondary N) is 1. The third-order valence-corrected chi connectivity index (χ3v) is 5.19. The first-order chi connectivity index (χ1) is 14.0. The van der Waals surface area contributed by atoms with Crippen LogP contribution >= 0.6 is 15.9 Å². The average Bonchev–Trinajstić information content (AvgIpc) is 3.02. The summed E-state index contributed by atoms with van der Waals surface area (Å²) in [4.78, 5) is 10.1. The van der Waals surface area contributed by atoms with E-state index in [1.165, 1.54) is 5.56 Å². The molecular formula is C24H22BrN3O. The molecule has 0 atom stereocenters. The number of fused-ring (bicyclic) bond motifs is 1. The van der Waals surface area contributed by atoms with Gasteiger partial charge in [0.05, 0.1) is 22.5 Å². The van der Waals surface area contributed by atoms with E-state index in [9.17, 15) is 5.11 Å². The Kier molecular flexibility index (Phi) is 5.51. The van der Waals surface area contributed by atoms with E-state index in [0.29, 0.717) is 5.56 Å². The van der Waals surface area contributed by atoms with Gasteiger partial charge in [-0.1, -0.05) is 64.5 Å². The number of hydrogen-bond acceptors (Lipinski definition) is 3. The molecule has 0 amide bonds. The van der Waals surface area contributed by atoms with Crippen molar-refractivity contribution in [2.45, 2.75) is 6.54 Å². The summed E-state index contributed by atoms with van der Waals surface area (Å²) < 4.78 is 0.951. The minimum atomic E-state index is 0.116. The molecule has 0 aliphatic rings. The van der Waals surface area contributed by atoms with Gasteiger partial charge >= 0.3 is 0 Å². The second-order valence-corrected chi connectivity index (χ2v) is 8.18. The third-order valence-electron chi connectivity index (χ3n) is 4.70. The first-order valence-corrected chi connectivity index (χ1v) is 10.2. The SMILES string of the molecule is CN(C)Cc1ccc(N=C(c2ccccc2)c2c(O)[nH]c3cc(Br)ccc23)cc1. The van der Waals surface area contributed by atoms with Crippen molar-refractivity contribution in [3.63, 3.8) is 0 Å². The van der Waals surface area contributed by atoms with E-state index in [2.05, 4.69) is 52.0 Å². The lowest BCUT2D eigenvalue weighted by Crippen LogP contribution is -2.10. The van der Waals surface area contributed by atoms with Crippen LogP contribution < -0.4 is 0 Å². The lowest BCUT2D eigenvalue weighted by Gasteiger charge is -2.10. The first kappa shape index (κ1) is 19.4. The Morgan fingerprint density at radius 1 is 1.00 bits per heavy atom. The molecule has 0 aliphatic carbocycles. The maximum absolute atomic E-state index is 10.7. The lowest BCUT2D eigenvalue weighted by molar-refractivity contribution is 0.402. The van der Waals surface area contributed by atoms with Crippen LogP contribution in [0.4, 0.5) is 5.69 Å². The maximum atomic E-state index is 10.7. The topological polar surface area (TPSA) is 51.6 Å². The zero-order chi connectivity index (χ0) is 20.4. The first-order valence-electron chi connectivity index (χ1n) is 9.39. The fraction of sp³-hybridized carbons (Fsp3) is 0.125. The summed E-state index contributed by atoms with van der Waals surface area (Å²) >= 11 is 3.49. The Labute approximate surface area is 178 Å². The Morgan fingerprint density at radius 2 is 1.72 bits per heavy atom. The van der Waals surface area contributed by atoms with Gasteiger partial charge in [0.2, 0.25) is 0 Å². The van der Waals surface area contributed by atoms with Gasteiger partial charge in [0.15, 0.2) is 5.88 Å².